The Labute approximate surface area is 136 Å². The number of hydrogen-bond donors (Lipinski definition) is 1. The lowest BCUT2D eigenvalue weighted by atomic mass is 10.0. The lowest BCUT2D eigenvalue weighted by molar-refractivity contribution is -0.123. The predicted octanol–water partition coefficient (Wildman–Crippen LogP) is 1.45. The SMILES string of the molecule is Cc1cc(C)c(C(=O)N2CCC(N3CCCC3C(N)=O)CC2)o1. The van der Waals surface area contributed by atoms with Crippen LogP contribution in [0, 0.1) is 13.8 Å². The molecule has 1 atom stereocenters. The minimum absolute atomic E-state index is 0.0260. The molecule has 0 radical (unpaired) electrons. The summed E-state index contributed by atoms with van der Waals surface area (Å²) < 4.78 is 5.54. The van der Waals surface area contributed by atoms with Gasteiger partial charge in [0.2, 0.25) is 5.91 Å². The number of piperidine rings is 1. The number of carbonyl (C=O) groups is 2. The average molecular weight is 319 g/mol. The van der Waals surface area contributed by atoms with Crippen molar-refractivity contribution in [2.24, 2.45) is 5.73 Å². The molecule has 0 spiro atoms. The van der Waals surface area contributed by atoms with Crippen LogP contribution in [0.3, 0.4) is 0 Å². The van der Waals surface area contributed by atoms with Gasteiger partial charge in [-0.1, -0.05) is 0 Å². The second-order valence-corrected chi connectivity index (χ2v) is 6.69. The van der Waals surface area contributed by atoms with E-state index in [1.54, 1.807) is 0 Å². The second-order valence-electron chi connectivity index (χ2n) is 6.69. The van der Waals surface area contributed by atoms with Crippen LogP contribution in [0.5, 0.6) is 0 Å². The van der Waals surface area contributed by atoms with Gasteiger partial charge in [-0.2, -0.15) is 0 Å². The highest BCUT2D eigenvalue weighted by Crippen LogP contribution is 2.27. The van der Waals surface area contributed by atoms with Gasteiger partial charge in [-0.3, -0.25) is 14.5 Å². The molecule has 2 aliphatic rings. The Kier molecular flexibility index (Phi) is 4.43. The van der Waals surface area contributed by atoms with Crippen molar-refractivity contribution in [3.05, 3.63) is 23.2 Å². The molecule has 23 heavy (non-hydrogen) atoms. The minimum Gasteiger partial charge on any atom is -0.456 e. The van der Waals surface area contributed by atoms with Crippen LogP contribution in [0.2, 0.25) is 0 Å². The fourth-order valence-corrected chi connectivity index (χ4v) is 3.93. The van der Waals surface area contributed by atoms with E-state index in [4.69, 9.17) is 10.2 Å². The van der Waals surface area contributed by atoms with Crippen molar-refractivity contribution in [2.45, 2.75) is 51.6 Å². The molecule has 2 amide bonds. The summed E-state index contributed by atoms with van der Waals surface area (Å²) >= 11 is 0. The van der Waals surface area contributed by atoms with Crippen LogP contribution in [-0.2, 0) is 4.79 Å². The van der Waals surface area contributed by atoms with Crippen LogP contribution in [0.1, 0.15) is 47.6 Å². The first kappa shape index (κ1) is 16.1. The van der Waals surface area contributed by atoms with Gasteiger partial charge in [-0.25, -0.2) is 0 Å². The molecule has 2 saturated heterocycles. The summed E-state index contributed by atoms with van der Waals surface area (Å²) in [4.78, 5) is 28.2. The normalized spacial score (nSPS) is 23.4. The Hall–Kier alpha value is -1.82. The second kappa shape index (κ2) is 6.35. The number of aryl methyl sites for hydroxylation is 2. The number of furan rings is 1. The van der Waals surface area contributed by atoms with Crippen LogP contribution < -0.4 is 5.73 Å². The Bertz CT molecular complexity index is 602. The molecule has 0 bridgehead atoms. The quantitative estimate of drug-likeness (QED) is 0.914. The Balaban J connectivity index is 1.61. The first-order valence-electron chi connectivity index (χ1n) is 8.38. The Morgan fingerprint density at radius 3 is 2.43 bits per heavy atom. The fraction of sp³-hybridized carbons (Fsp3) is 0.647. The molecular formula is C17H25N3O3. The smallest absolute Gasteiger partial charge is 0.289 e. The summed E-state index contributed by atoms with van der Waals surface area (Å²) in [5.74, 6) is 0.976. The van der Waals surface area contributed by atoms with Crippen molar-refractivity contribution in [2.75, 3.05) is 19.6 Å². The van der Waals surface area contributed by atoms with E-state index in [1.165, 1.54) is 0 Å². The van der Waals surface area contributed by atoms with E-state index in [9.17, 15) is 9.59 Å². The van der Waals surface area contributed by atoms with Crippen molar-refractivity contribution in [1.29, 1.82) is 0 Å². The molecule has 6 nitrogen and oxygen atoms in total. The number of rotatable bonds is 3. The van der Waals surface area contributed by atoms with Gasteiger partial charge in [0.25, 0.3) is 5.91 Å². The standard InChI is InChI=1S/C17H25N3O3/c1-11-10-12(2)23-15(11)17(22)19-8-5-13(6-9-19)20-7-3-4-14(20)16(18)21/h10,13-14H,3-9H2,1-2H3,(H2,18,21). The zero-order valence-corrected chi connectivity index (χ0v) is 13.9. The molecule has 0 aromatic carbocycles. The molecule has 1 aromatic heterocycles. The van der Waals surface area contributed by atoms with Gasteiger partial charge < -0.3 is 15.1 Å². The third kappa shape index (κ3) is 3.13. The summed E-state index contributed by atoms with van der Waals surface area (Å²) in [7, 11) is 0. The highest BCUT2D eigenvalue weighted by Gasteiger charge is 2.36. The number of amides is 2. The van der Waals surface area contributed by atoms with Crippen LogP contribution in [0.4, 0.5) is 0 Å². The van der Waals surface area contributed by atoms with E-state index in [2.05, 4.69) is 4.90 Å². The third-order valence-electron chi connectivity index (χ3n) is 5.08. The van der Waals surface area contributed by atoms with Gasteiger partial charge in [0.05, 0.1) is 6.04 Å². The van der Waals surface area contributed by atoms with Gasteiger partial charge in [0, 0.05) is 24.7 Å². The fourth-order valence-electron chi connectivity index (χ4n) is 3.93. The number of primary amides is 1. The van der Waals surface area contributed by atoms with Crippen molar-refractivity contribution in [1.82, 2.24) is 9.80 Å². The lowest BCUT2D eigenvalue weighted by Crippen LogP contribution is -2.51. The number of nitrogens with zero attached hydrogens (tertiary/aromatic N) is 2. The van der Waals surface area contributed by atoms with E-state index >= 15 is 0 Å². The van der Waals surface area contributed by atoms with E-state index in [-0.39, 0.29) is 17.9 Å². The first-order chi connectivity index (χ1) is 11.0. The van der Waals surface area contributed by atoms with Crippen LogP contribution >= 0.6 is 0 Å². The van der Waals surface area contributed by atoms with Gasteiger partial charge >= 0.3 is 0 Å². The number of hydrogen-bond acceptors (Lipinski definition) is 4. The van der Waals surface area contributed by atoms with Gasteiger partial charge in [0.1, 0.15) is 5.76 Å². The first-order valence-corrected chi connectivity index (χ1v) is 8.38. The van der Waals surface area contributed by atoms with E-state index in [0.717, 1.165) is 43.6 Å². The van der Waals surface area contributed by atoms with Crippen molar-refractivity contribution >= 4 is 11.8 Å². The van der Waals surface area contributed by atoms with Crippen molar-refractivity contribution in [3.8, 4) is 0 Å². The molecule has 2 N–H and O–H groups in total. The van der Waals surface area contributed by atoms with Crippen LogP contribution in [0.15, 0.2) is 10.5 Å². The van der Waals surface area contributed by atoms with E-state index in [0.29, 0.717) is 24.9 Å². The molecule has 6 heteroatoms. The highest BCUT2D eigenvalue weighted by atomic mass is 16.4. The summed E-state index contributed by atoms with van der Waals surface area (Å²) in [6.07, 6.45) is 3.65. The van der Waals surface area contributed by atoms with Gasteiger partial charge in [0.15, 0.2) is 5.76 Å². The number of carbonyl (C=O) groups excluding carboxylic acids is 2. The summed E-state index contributed by atoms with van der Waals surface area (Å²) in [5.41, 5.74) is 6.40. The summed E-state index contributed by atoms with van der Waals surface area (Å²) in [6.45, 7) is 6.09. The molecular weight excluding hydrogens is 294 g/mol. The third-order valence-corrected chi connectivity index (χ3v) is 5.08. The Morgan fingerprint density at radius 2 is 1.87 bits per heavy atom. The topological polar surface area (TPSA) is 79.8 Å². The van der Waals surface area contributed by atoms with Crippen molar-refractivity contribution in [3.63, 3.8) is 0 Å². The van der Waals surface area contributed by atoms with E-state index in [1.807, 2.05) is 24.8 Å². The number of nitrogens with two attached hydrogens (primary N) is 1. The summed E-state index contributed by atoms with van der Waals surface area (Å²) in [6, 6.07) is 2.11. The predicted molar refractivity (Wildman–Crippen MR) is 86.0 cm³/mol. The molecule has 1 unspecified atom stereocenters. The van der Waals surface area contributed by atoms with Crippen LogP contribution in [-0.4, -0.2) is 53.3 Å². The molecule has 0 aliphatic carbocycles. The molecule has 1 aromatic rings. The molecule has 126 valence electrons. The minimum atomic E-state index is -0.220. The molecule has 2 fully saturated rings. The van der Waals surface area contributed by atoms with E-state index < -0.39 is 0 Å². The zero-order chi connectivity index (χ0) is 16.6. The maximum absolute atomic E-state index is 12.6. The lowest BCUT2D eigenvalue weighted by Gasteiger charge is -2.38. The highest BCUT2D eigenvalue weighted by molar-refractivity contribution is 5.93. The van der Waals surface area contributed by atoms with Gasteiger partial charge in [-0.05, 0) is 52.1 Å². The molecule has 3 heterocycles. The average Bonchev–Trinajstić information content (AvgIpc) is 3.13. The number of likely N-dealkylation sites (tertiary alicyclic amines) is 2. The van der Waals surface area contributed by atoms with Crippen LogP contribution in [0.25, 0.3) is 0 Å². The van der Waals surface area contributed by atoms with Gasteiger partial charge in [-0.15, -0.1) is 0 Å². The Morgan fingerprint density at radius 1 is 1.17 bits per heavy atom. The maximum atomic E-state index is 12.6. The monoisotopic (exact) mass is 319 g/mol. The van der Waals surface area contributed by atoms with Crippen molar-refractivity contribution < 1.29 is 14.0 Å². The molecule has 2 aliphatic heterocycles. The molecule has 3 rings (SSSR count). The summed E-state index contributed by atoms with van der Waals surface area (Å²) in [5, 5.41) is 0. The largest absolute Gasteiger partial charge is 0.456 e. The zero-order valence-electron chi connectivity index (χ0n) is 13.9. The maximum Gasteiger partial charge on any atom is 0.289 e. The molecule has 0 saturated carbocycles.